The molecule has 1 aromatic carbocycles. The molecule has 160 valence electrons. The van der Waals surface area contributed by atoms with Crippen LogP contribution in [0.5, 0.6) is 5.75 Å². The molecule has 0 aliphatic heterocycles. The SMILES string of the molecule is CN=C(NCc1ccc(OC(C)(C)C)cc1C(F)(F)F)NCc1nnc(C)n1C. The first kappa shape index (κ1) is 22.5. The molecule has 0 radical (unpaired) electrons. The number of aromatic nitrogens is 3. The van der Waals surface area contributed by atoms with Crippen LogP contribution in [0.2, 0.25) is 0 Å². The summed E-state index contributed by atoms with van der Waals surface area (Å²) in [5, 5.41) is 13.9. The summed E-state index contributed by atoms with van der Waals surface area (Å²) in [6.45, 7) is 7.46. The van der Waals surface area contributed by atoms with Crippen LogP contribution in [0.15, 0.2) is 23.2 Å². The largest absolute Gasteiger partial charge is 0.488 e. The van der Waals surface area contributed by atoms with Crippen molar-refractivity contribution in [3.63, 3.8) is 0 Å². The second-order valence-electron chi connectivity index (χ2n) is 7.53. The lowest BCUT2D eigenvalue weighted by atomic mass is 10.1. The lowest BCUT2D eigenvalue weighted by Crippen LogP contribution is -2.37. The summed E-state index contributed by atoms with van der Waals surface area (Å²) in [6.07, 6.45) is -4.50. The van der Waals surface area contributed by atoms with Crippen molar-refractivity contribution >= 4 is 5.96 Å². The van der Waals surface area contributed by atoms with E-state index in [-0.39, 0.29) is 17.9 Å². The standard InChI is InChI=1S/C19H27F3N6O/c1-12-26-27-16(28(12)6)11-25-17(23-5)24-10-13-7-8-14(29-18(2,3)4)9-15(13)19(20,21)22/h7-9H,10-11H2,1-6H3,(H2,23,24,25). The molecule has 2 rings (SSSR count). The molecular formula is C19H27F3N6O. The fourth-order valence-corrected chi connectivity index (χ4v) is 2.56. The Kier molecular flexibility index (Phi) is 6.76. The van der Waals surface area contributed by atoms with Gasteiger partial charge in [-0.25, -0.2) is 0 Å². The van der Waals surface area contributed by atoms with E-state index in [1.807, 2.05) is 18.5 Å². The van der Waals surface area contributed by atoms with Crippen LogP contribution >= 0.6 is 0 Å². The van der Waals surface area contributed by atoms with Gasteiger partial charge >= 0.3 is 6.18 Å². The van der Waals surface area contributed by atoms with Crippen molar-refractivity contribution in [2.45, 2.75) is 52.6 Å². The average molecular weight is 412 g/mol. The Hall–Kier alpha value is -2.78. The number of guanidine groups is 1. The molecule has 0 aliphatic rings. The molecule has 29 heavy (non-hydrogen) atoms. The van der Waals surface area contributed by atoms with E-state index in [0.717, 1.165) is 11.9 Å². The summed E-state index contributed by atoms with van der Waals surface area (Å²) in [7, 11) is 3.38. The molecular weight excluding hydrogens is 385 g/mol. The van der Waals surface area contributed by atoms with E-state index in [0.29, 0.717) is 18.3 Å². The van der Waals surface area contributed by atoms with Crippen LogP contribution in [0, 0.1) is 6.92 Å². The number of hydrogen-bond donors (Lipinski definition) is 2. The minimum Gasteiger partial charge on any atom is -0.488 e. The summed E-state index contributed by atoms with van der Waals surface area (Å²) in [5.41, 5.74) is -1.24. The Morgan fingerprint density at radius 1 is 1.14 bits per heavy atom. The fourth-order valence-electron chi connectivity index (χ4n) is 2.56. The number of ether oxygens (including phenoxy) is 1. The molecule has 0 aliphatic carbocycles. The lowest BCUT2D eigenvalue weighted by Gasteiger charge is -2.23. The molecule has 7 nitrogen and oxygen atoms in total. The van der Waals surface area contributed by atoms with E-state index in [2.05, 4.69) is 25.8 Å². The molecule has 0 fully saturated rings. The van der Waals surface area contributed by atoms with Gasteiger partial charge < -0.3 is 19.9 Å². The molecule has 0 bridgehead atoms. The Labute approximate surface area is 168 Å². The maximum atomic E-state index is 13.5. The van der Waals surface area contributed by atoms with Crippen molar-refractivity contribution in [3.8, 4) is 5.75 Å². The fraction of sp³-hybridized carbons (Fsp3) is 0.526. The van der Waals surface area contributed by atoms with Gasteiger partial charge in [-0.2, -0.15) is 13.2 Å². The molecule has 0 saturated heterocycles. The number of aryl methyl sites for hydroxylation is 1. The molecule has 10 heteroatoms. The minimum atomic E-state index is -4.50. The van der Waals surface area contributed by atoms with Gasteiger partial charge in [0.15, 0.2) is 11.8 Å². The van der Waals surface area contributed by atoms with Crippen LogP contribution in [0.1, 0.15) is 43.5 Å². The van der Waals surface area contributed by atoms with E-state index in [9.17, 15) is 13.2 Å². The predicted octanol–water partition coefficient (Wildman–Crippen LogP) is 3.18. The normalized spacial score (nSPS) is 12.8. The summed E-state index contributed by atoms with van der Waals surface area (Å²) in [4.78, 5) is 4.04. The summed E-state index contributed by atoms with van der Waals surface area (Å²) < 4.78 is 48.0. The van der Waals surface area contributed by atoms with Crippen molar-refractivity contribution in [3.05, 3.63) is 41.0 Å². The van der Waals surface area contributed by atoms with E-state index >= 15 is 0 Å². The average Bonchev–Trinajstić information content (AvgIpc) is 2.92. The van der Waals surface area contributed by atoms with Crippen LogP contribution in [-0.4, -0.2) is 33.4 Å². The third-order valence-corrected chi connectivity index (χ3v) is 4.08. The van der Waals surface area contributed by atoms with Gasteiger partial charge in [0.05, 0.1) is 12.1 Å². The van der Waals surface area contributed by atoms with Gasteiger partial charge in [0.2, 0.25) is 0 Å². The predicted molar refractivity (Wildman–Crippen MR) is 105 cm³/mol. The van der Waals surface area contributed by atoms with E-state index < -0.39 is 17.3 Å². The molecule has 2 aromatic rings. The highest BCUT2D eigenvalue weighted by molar-refractivity contribution is 5.79. The second-order valence-corrected chi connectivity index (χ2v) is 7.53. The minimum absolute atomic E-state index is 0.0534. The highest BCUT2D eigenvalue weighted by atomic mass is 19.4. The molecule has 2 N–H and O–H groups in total. The van der Waals surface area contributed by atoms with Gasteiger partial charge in [-0.3, -0.25) is 4.99 Å². The number of benzene rings is 1. The first-order valence-corrected chi connectivity index (χ1v) is 9.09. The van der Waals surface area contributed by atoms with Gasteiger partial charge in [-0.15, -0.1) is 10.2 Å². The van der Waals surface area contributed by atoms with Crippen molar-refractivity contribution in [2.24, 2.45) is 12.0 Å². The Morgan fingerprint density at radius 2 is 1.79 bits per heavy atom. The maximum absolute atomic E-state index is 13.5. The molecule has 0 amide bonds. The van der Waals surface area contributed by atoms with Crippen molar-refractivity contribution in [1.29, 1.82) is 0 Å². The zero-order valence-electron chi connectivity index (χ0n) is 17.5. The van der Waals surface area contributed by atoms with Gasteiger partial charge in [0, 0.05) is 20.6 Å². The highest BCUT2D eigenvalue weighted by Gasteiger charge is 2.34. The van der Waals surface area contributed by atoms with Gasteiger partial charge in [-0.1, -0.05) is 6.07 Å². The molecule has 1 heterocycles. The summed E-state index contributed by atoms with van der Waals surface area (Å²) in [6, 6.07) is 3.98. The van der Waals surface area contributed by atoms with Crippen LogP contribution in [0.4, 0.5) is 13.2 Å². The van der Waals surface area contributed by atoms with Gasteiger partial charge in [-0.05, 0) is 45.4 Å². The number of aliphatic imine (C=N–C) groups is 1. The summed E-state index contributed by atoms with van der Waals surface area (Å²) >= 11 is 0. The topological polar surface area (TPSA) is 76.4 Å². The molecule has 0 spiro atoms. The maximum Gasteiger partial charge on any atom is 0.416 e. The number of nitrogens with zero attached hydrogens (tertiary/aromatic N) is 4. The van der Waals surface area contributed by atoms with Crippen LogP contribution in [0.3, 0.4) is 0 Å². The lowest BCUT2D eigenvalue weighted by molar-refractivity contribution is -0.138. The third kappa shape index (κ3) is 6.37. The monoisotopic (exact) mass is 412 g/mol. The molecule has 0 atom stereocenters. The molecule has 1 aromatic heterocycles. The number of halogens is 3. The smallest absolute Gasteiger partial charge is 0.416 e. The van der Waals surface area contributed by atoms with Gasteiger partial charge in [0.25, 0.3) is 0 Å². The van der Waals surface area contributed by atoms with E-state index in [1.54, 1.807) is 27.8 Å². The molecule has 0 saturated carbocycles. The first-order chi connectivity index (χ1) is 13.4. The quantitative estimate of drug-likeness (QED) is 0.583. The van der Waals surface area contributed by atoms with Crippen molar-refractivity contribution in [2.75, 3.05) is 7.05 Å². The Balaban J connectivity index is 2.10. The first-order valence-electron chi connectivity index (χ1n) is 9.09. The van der Waals surface area contributed by atoms with Crippen LogP contribution < -0.4 is 15.4 Å². The number of alkyl halides is 3. The van der Waals surface area contributed by atoms with Crippen molar-refractivity contribution < 1.29 is 17.9 Å². The number of hydrogen-bond acceptors (Lipinski definition) is 4. The van der Waals surface area contributed by atoms with Crippen molar-refractivity contribution in [1.82, 2.24) is 25.4 Å². The van der Waals surface area contributed by atoms with Crippen LogP contribution in [0.25, 0.3) is 0 Å². The zero-order valence-corrected chi connectivity index (χ0v) is 17.5. The van der Waals surface area contributed by atoms with E-state index in [1.165, 1.54) is 12.1 Å². The molecule has 0 unspecified atom stereocenters. The van der Waals surface area contributed by atoms with Gasteiger partial charge in [0.1, 0.15) is 17.2 Å². The van der Waals surface area contributed by atoms with E-state index in [4.69, 9.17) is 4.74 Å². The highest BCUT2D eigenvalue weighted by Crippen LogP contribution is 2.35. The Morgan fingerprint density at radius 3 is 2.31 bits per heavy atom. The van der Waals surface area contributed by atoms with Crippen LogP contribution in [-0.2, 0) is 26.3 Å². The summed E-state index contributed by atoms with van der Waals surface area (Å²) in [5.74, 6) is 1.98. The zero-order chi connectivity index (χ0) is 21.8. The number of nitrogens with one attached hydrogen (secondary N) is 2. The number of rotatable bonds is 5. The third-order valence-electron chi connectivity index (χ3n) is 4.08. The second kappa shape index (κ2) is 8.71. The Bertz CT molecular complexity index is 868.